The van der Waals surface area contributed by atoms with Crippen LogP contribution in [-0.4, -0.2) is 223 Å². The van der Waals surface area contributed by atoms with Gasteiger partial charge in [0.05, 0.1) is 110 Å². The summed E-state index contributed by atoms with van der Waals surface area (Å²) < 4.78 is 47.0. The molecule has 39 heteroatoms. The van der Waals surface area contributed by atoms with Crippen LogP contribution in [0.3, 0.4) is 0 Å². The summed E-state index contributed by atoms with van der Waals surface area (Å²) >= 11 is 3.30. The number of amides is 1. The SMILES string of the molecule is Brc1cncc(N2CCOCC2)n1.C.COC(=O)CCCCCCN(c1cncc(N2CCOCC2)n1)c1nc(C)no1.Cc1noc(N(CCCCCCC(=O)NO)c2cncc(N3CCOCC3)n2)n1.Cc1noc(N)n1.Cc1noc(Nc2cncc(N3CCOCC3)n2)n1.S. The minimum Gasteiger partial charge on any atom is -0.469 e. The monoisotopic (exact) mass is 1460 g/mol. The smallest absolute Gasteiger partial charge is 0.329 e. The van der Waals surface area contributed by atoms with Crippen molar-refractivity contribution in [1.29, 1.82) is 0 Å². The van der Waals surface area contributed by atoms with Gasteiger partial charge in [0, 0.05) is 78.3 Å². The summed E-state index contributed by atoms with van der Waals surface area (Å²) in [6, 6.07) is 1.23. The average Bonchev–Trinajstić information content (AvgIpc) is 1.83. The topological polar surface area (TPSA) is 429 Å². The van der Waals surface area contributed by atoms with Crippen LogP contribution in [0.15, 0.2) is 72.3 Å². The van der Waals surface area contributed by atoms with E-state index in [4.69, 9.17) is 53.4 Å². The summed E-state index contributed by atoms with van der Waals surface area (Å²) in [5.41, 5.74) is 6.69. The van der Waals surface area contributed by atoms with Crippen molar-refractivity contribution < 1.29 is 56.6 Å². The zero-order valence-corrected chi connectivity index (χ0v) is 58.2. The van der Waals surface area contributed by atoms with E-state index in [9.17, 15) is 9.59 Å². The minimum absolute atomic E-state index is 0. The van der Waals surface area contributed by atoms with Crippen LogP contribution in [0.4, 0.5) is 64.8 Å². The molecule has 0 bridgehead atoms. The molecule has 4 aliphatic heterocycles. The number of unbranched alkanes of at least 4 members (excludes halogenated alkanes) is 6. The second-order valence-corrected chi connectivity index (χ2v) is 22.6. The van der Waals surface area contributed by atoms with E-state index in [2.05, 4.69) is 121 Å². The second-order valence-electron chi connectivity index (χ2n) is 21.8. The van der Waals surface area contributed by atoms with E-state index in [0.717, 1.165) is 145 Å². The minimum atomic E-state index is -0.358. The number of hydrogen-bond acceptors (Lipinski definition) is 36. The molecule has 0 aromatic carbocycles. The maximum Gasteiger partial charge on any atom is 0.329 e. The summed E-state index contributed by atoms with van der Waals surface area (Å²) in [6.45, 7) is 20.6. The van der Waals surface area contributed by atoms with Crippen molar-refractivity contribution in [1.82, 2.24) is 85.9 Å². The number of methoxy groups -OCH3 is 1. The lowest BCUT2D eigenvalue weighted by molar-refractivity contribution is -0.140. The lowest BCUT2D eigenvalue weighted by atomic mass is 10.1. The third-order valence-electron chi connectivity index (χ3n) is 14.5. The number of carbonyl (C=O) groups excluding carboxylic acids is 2. The molecule has 12 heterocycles. The molecule has 0 spiro atoms. The van der Waals surface area contributed by atoms with Crippen LogP contribution in [0.5, 0.6) is 0 Å². The van der Waals surface area contributed by atoms with Crippen LogP contribution in [0, 0.1) is 27.7 Å². The highest BCUT2D eigenvalue weighted by Crippen LogP contribution is 2.27. The van der Waals surface area contributed by atoms with Crippen LogP contribution < -0.4 is 45.9 Å². The summed E-state index contributed by atoms with van der Waals surface area (Å²) in [6.07, 6.45) is 21.5. The number of rotatable bonds is 24. The standard InChI is InChI=1S/C19H28N6O4.C18H27N7O4.C11H14N6O2.C8H10BrN3O.C3H5N3O.CH4.H2S/c1-15-21-19(29-23-15)25(8-6-4-3-5-7-18(26)27-2)17-14-20-13-16(22-17)24-9-11-28-12-10-24;1-14-20-18(29-23-14)25(7-5-3-2-4-6-17(26)22-27)16-13-19-12-15(21-16)24-8-10-28-11-9-24;1-8-13-11(19-16-8)15-9-6-12-7-10(14-9)17-2-4-18-5-3-17;9-7-5-10-6-8(11-7)12-1-3-13-4-2-12;1-2-5-3(4)7-6-2;;/h13-14H,3-12H2,1-2H3;12-13,27H,2-11H2,1H3,(H,22,26);6-7H,2-5H2,1H3,(H,13,14,15,16);5-6H,1-4H2;1H3,(H2,4,5,6);1H4;1H2. The highest BCUT2D eigenvalue weighted by atomic mass is 79.9. The van der Waals surface area contributed by atoms with E-state index in [1.807, 2.05) is 9.80 Å². The fourth-order valence-electron chi connectivity index (χ4n) is 9.62. The van der Waals surface area contributed by atoms with Crippen LogP contribution in [0.2, 0.25) is 0 Å². The summed E-state index contributed by atoms with van der Waals surface area (Å²) in [4.78, 5) is 86.3. The molecule has 1 amide bonds. The number of hydroxylamine groups is 1. The molecule has 0 aliphatic carbocycles. The van der Waals surface area contributed by atoms with Crippen molar-refractivity contribution in [2.45, 2.75) is 99.3 Å². The summed E-state index contributed by atoms with van der Waals surface area (Å²) in [7, 11) is 1.42. The molecule has 37 nitrogen and oxygen atoms in total. The first-order chi connectivity index (χ1) is 47.3. The van der Waals surface area contributed by atoms with E-state index in [0.29, 0.717) is 124 Å². The van der Waals surface area contributed by atoms with E-state index in [-0.39, 0.29) is 38.8 Å². The van der Waals surface area contributed by atoms with Crippen molar-refractivity contribution in [3.05, 3.63) is 77.5 Å². The van der Waals surface area contributed by atoms with Gasteiger partial charge in [-0.15, -0.1) is 0 Å². The van der Waals surface area contributed by atoms with Gasteiger partial charge in [-0.3, -0.25) is 49.8 Å². The number of nitrogens with one attached hydrogen (secondary N) is 2. The number of aryl methyl sites for hydroxylation is 4. The Morgan fingerprint density at radius 2 is 0.899 bits per heavy atom. The number of nitrogens with zero attached hydrogens (tertiary/aromatic N) is 22. The quantitative estimate of drug-likeness (QED) is 0.0220. The number of nitrogens with two attached hydrogens (primary N) is 1. The fourth-order valence-corrected chi connectivity index (χ4v) is 9.92. The van der Waals surface area contributed by atoms with Gasteiger partial charge in [-0.2, -0.15) is 33.4 Å². The van der Waals surface area contributed by atoms with Crippen molar-refractivity contribution in [2.75, 3.05) is 166 Å². The Bertz CT molecular complexity index is 3430. The highest BCUT2D eigenvalue weighted by molar-refractivity contribution is 9.10. The van der Waals surface area contributed by atoms with Crippen LogP contribution in [-0.2, 0) is 33.3 Å². The van der Waals surface area contributed by atoms with Gasteiger partial charge in [-0.1, -0.05) is 53.7 Å². The Labute approximate surface area is 588 Å². The molecule has 0 radical (unpaired) electrons. The Morgan fingerprint density at radius 1 is 0.505 bits per heavy atom. The molecule has 4 fully saturated rings. The second kappa shape index (κ2) is 43.3. The molecule has 4 saturated heterocycles. The Hall–Kier alpha value is -9.15. The zero-order valence-electron chi connectivity index (χ0n) is 55.6. The van der Waals surface area contributed by atoms with Gasteiger partial charge in [-0.05, 0) is 69.3 Å². The van der Waals surface area contributed by atoms with Gasteiger partial charge in [-0.25, -0.2) is 25.4 Å². The zero-order chi connectivity index (χ0) is 68.4. The number of halogens is 1. The molecule has 0 atom stereocenters. The molecule has 99 heavy (non-hydrogen) atoms. The van der Waals surface area contributed by atoms with Crippen LogP contribution >= 0.6 is 29.4 Å². The number of nitrogen functional groups attached to an aromatic ring is 1. The molecular formula is C60H90BrN25O12S. The number of aromatic nitrogens is 16. The van der Waals surface area contributed by atoms with Crippen molar-refractivity contribution >= 4 is 106 Å². The normalized spacial score (nSPS) is 14.2. The molecule has 5 N–H and O–H groups in total. The maximum atomic E-state index is 11.2. The molecule has 4 aliphatic rings. The molecule has 12 rings (SSSR count). The number of carbonyl (C=O) groups is 2. The third kappa shape index (κ3) is 27.2. The van der Waals surface area contributed by atoms with Crippen LogP contribution in [0.25, 0.3) is 0 Å². The van der Waals surface area contributed by atoms with Gasteiger partial charge >= 0.3 is 30.0 Å². The number of ether oxygens (including phenoxy) is 5. The predicted octanol–water partition coefficient (Wildman–Crippen LogP) is 6.40. The number of anilines is 11. The average molecular weight is 1470 g/mol. The predicted molar refractivity (Wildman–Crippen MR) is 371 cm³/mol. The Morgan fingerprint density at radius 3 is 1.28 bits per heavy atom. The van der Waals surface area contributed by atoms with E-state index in [1.165, 1.54) is 7.11 Å². The Kier molecular flexibility index (Phi) is 34.5. The lowest BCUT2D eigenvalue weighted by Crippen LogP contribution is -2.37. The molecule has 0 saturated carbocycles. The largest absolute Gasteiger partial charge is 0.469 e. The van der Waals surface area contributed by atoms with Crippen LogP contribution in [0.1, 0.15) is 94.9 Å². The van der Waals surface area contributed by atoms with Crippen molar-refractivity contribution in [2.24, 2.45) is 0 Å². The van der Waals surface area contributed by atoms with E-state index >= 15 is 0 Å². The lowest BCUT2D eigenvalue weighted by Gasteiger charge is -2.28. The first-order valence-electron chi connectivity index (χ1n) is 31.8. The molecule has 540 valence electrons. The van der Waals surface area contributed by atoms with E-state index in [1.54, 1.807) is 82.7 Å². The van der Waals surface area contributed by atoms with Gasteiger partial charge in [0.25, 0.3) is 0 Å². The van der Waals surface area contributed by atoms with Gasteiger partial charge in [0.1, 0.15) is 27.9 Å². The van der Waals surface area contributed by atoms with Gasteiger partial charge < -0.3 is 67.1 Å². The highest BCUT2D eigenvalue weighted by Gasteiger charge is 2.23. The molecule has 0 unspecified atom stereocenters. The number of esters is 1. The first-order valence-corrected chi connectivity index (χ1v) is 32.6. The molecule has 8 aromatic heterocycles. The van der Waals surface area contributed by atoms with E-state index < -0.39 is 0 Å². The number of hydrogen-bond donors (Lipinski definition) is 4. The Balaban J connectivity index is 0.000000206. The maximum absolute atomic E-state index is 11.2. The van der Waals surface area contributed by atoms with Crippen molar-refractivity contribution in [3.63, 3.8) is 0 Å². The summed E-state index contributed by atoms with van der Waals surface area (Å²) in [5.74, 6) is 6.97. The third-order valence-corrected chi connectivity index (χ3v) is 14.9. The fraction of sp³-hybridized carbons (Fsp3) is 0.567. The van der Waals surface area contributed by atoms with Crippen molar-refractivity contribution in [3.8, 4) is 0 Å². The molecule has 8 aromatic rings. The van der Waals surface area contributed by atoms with Gasteiger partial charge in [0.15, 0.2) is 40.8 Å². The van der Waals surface area contributed by atoms with Gasteiger partial charge in [0.2, 0.25) is 5.91 Å². The molecular weight excluding hydrogens is 1370 g/mol. The summed E-state index contributed by atoms with van der Waals surface area (Å²) in [5, 5.41) is 26.4. The number of morpholine rings is 4. The first kappa shape index (κ1) is 78.8.